The van der Waals surface area contributed by atoms with Gasteiger partial charge in [0.2, 0.25) is 0 Å². The minimum absolute atomic E-state index is 0.0215. The van der Waals surface area contributed by atoms with Crippen molar-refractivity contribution in [1.82, 2.24) is 5.32 Å². The Hall–Kier alpha value is -0.900. The Bertz CT molecular complexity index is 335. The highest BCUT2D eigenvalue weighted by Crippen LogP contribution is 2.25. The van der Waals surface area contributed by atoms with Gasteiger partial charge in [-0.05, 0) is 18.9 Å². The molecular formula is C14H22N2O. The van der Waals surface area contributed by atoms with Gasteiger partial charge in [-0.25, -0.2) is 0 Å². The minimum Gasteiger partial charge on any atom is -0.381 e. The fraction of sp³-hybridized carbons (Fsp3) is 0.571. The van der Waals surface area contributed by atoms with E-state index in [0.29, 0.717) is 12.5 Å². The summed E-state index contributed by atoms with van der Waals surface area (Å²) < 4.78 is 5.46. The molecule has 0 aromatic heterocycles. The van der Waals surface area contributed by atoms with E-state index in [1.54, 1.807) is 0 Å². The molecule has 0 radical (unpaired) electrons. The van der Waals surface area contributed by atoms with Crippen molar-refractivity contribution in [2.24, 2.45) is 11.7 Å². The maximum Gasteiger partial charge on any atom is 0.0513 e. The SMILES string of the molecule is CC(CN)(NCc1ccccc1)C1CCOC1. The van der Waals surface area contributed by atoms with Crippen LogP contribution in [0.5, 0.6) is 0 Å². The standard InChI is InChI=1S/C14H22N2O/c1-14(11-15,13-7-8-17-10-13)16-9-12-5-3-2-4-6-12/h2-6,13,16H,7-11,15H2,1H3. The van der Waals surface area contributed by atoms with Gasteiger partial charge in [-0.15, -0.1) is 0 Å². The molecule has 3 nitrogen and oxygen atoms in total. The molecule has 2 unspecified atom stereocenters. The third kappa shape index (κ3) is 3.06. The van der Waals surface area contributed by atoms with Crippen LogP contribution in [-0.2, 0) is 11.3 Å². The Morgan fingerprint density at radius 3 is 2.76 bits per heavy atom. The summed E-state index contributed by atoms with van der Waals surface area (Å²) in [5.41, 5.74) is 7.21. The Balaban J connectivity index is 1.95. The number of hydrogen-bond acceptors (Lipinski definition) is 3. The minimum atomic E-state index is -0.0215. The van der Waals surface area contributed by atoms with Crippen LogP contribution >= 0.6 is 0 Å². The zero-order valence-corrected chi connectivity index (χ0v) is 10.5. The zero-order chi connectivity index (χ0) is 12.1. The largest absolute Gasteiger partial charge is 0.381 e. The van der Waals surface area contributed by atoms with E-state index in [1.807, 2.05) is 6.07 Å². The molecule has 0 aliphatic carbocycles. The van der Waals surface area contributed by atoms with Gasteiger partial charge in [0.1, 0.15) is 0 Å². The summed E-state index contributed by atoms with van der Waals surface area (Å²) in [6.45, 7) is 5.41. The first-order valence-electron chi connectivity index (χ1n) is 6.31. The summed E-state index contributed by atoms with van der Waals surface area (Å²) in [6, 6.07) is 10.4. The number of nitrogens with one attached hydrogen (secondary N) is 1. The first-order chi connectivity index (χ1) is 8.24. The molecule has 1 fully saturated rings. The van der Waals surface area contributed by atoms with Crippen LogP contribution in [0.1, 0.15) is 18.9 Å². The average molecular weight is 234 g/mol. The van der Waals surface area contributed by atoms with Gasteiger partial charge in [-0.1, -0.05) is 30.3 Å². The maximum atomic E-state index is 5.93. The average Bonchev–Trinajstić information content (AvgIpc) is 2.92. The van der Waals surface area contributed by atoms with E-state index in [4.69, 9.17) is 10.5 Å². The number of nitrogens with two attached hydrogens (primary N) is 1. The predicted molar refractivity (Wildman–Crippen MR) is 69.7 cm³/mol. The molecule has 0 saturated carbocycles. The van der Waals surface area contributed by atoms with Crippen LogP contribution in [0.2, 0.25) is 0 Å². The summed E-state index contributed by atoms with van der Waals surface area (Å²) in [5, 5.41) is 3.60. The lowest BCUT2D eigenvalue weighted by Crippen LogP contribution is -2.54. The molecule has 1 saturated heterocycles. The number of hydrogen-bond donors (Lipinski definition) is 2. The third-order valence-corrected chi connectivity index (χ3v) is 3.79. The molecule has 94 valence electrons. The highest BCUT2D eigenvalue weighted by Gasteiger charge is 2.34. The Morgan fingerprint density at radius 1 is 1.41 bits per heavy atom. The Kier molecular flexibility index (Phi) is 4.15. The molecule has 2 rings (SSSR count). The monoisotopic (exact) mass is 234 g/mol. The second-order valence-corrected chi connectivity index (χ2v) is 5.02. The molecule has 2 atom stereocenters. The summed E-state index contributed by atoms with van der Waals surface area (Å²) >= 11 is 0. The molecule has 1 aromatic rings. The van der Waals surface area contributed by atoms with Crippen LogP contribution in [0, 0.1) is 5.92 Å². The molecule has 0 bridgehead atoms. The molecule has 1 aromatic carbocycles. The molecule has 3 N–H and O–H groups in total. The van der Waals surface area contributed by atoms with E-state index in [2.05, 4.69) is 36.5 Å². The summed E-state index contributed by atoms with van der Waals surface area (Å²) in [5.74, 6) is 0.524. The van der Waals surface area contributed by atoms with Crippen molar-refractivity contribution in [3.05, 3.63) is 35.9 Å². The van der Waals surface area contributed by atoms with E-state index in [1.165, 1.54) is 5.56 Å². The fourth-order valence-electron chi connectivity index (χ4n) is 2.32. The van der Waals surface area contributed by atoms with Crippen molar-refractivity contribution < 1.29 is 4.74 Å². The second-order valence-electron chi connectivity index (χ2n) is 5.02. The maximum absolute atomic E-state index is 5.93. The van der Waals surface area contributed by atoms with Gasteiger partial charge < -0.3 is 15.8 Å². The van der Waals surface area contributed by atoms with Gasteiger partial charge in [-0.3, -0.25) is 0 Å². The molecule has 3 heteroatoms. The third-order valence-electron chi connectivity index (χ3n) is 3.79. The molecule has 17 heavy (non-hydrogen) atoms. The van der Waals surface area contributed by atoms with Crippen molar-refractivity contribution in [2.75, 3.05) is 19.8 Å². The van der Waals surface area contributed by atoms with Crippen molar-refractivity contribution in [2.45, 2.75) is 25.4 Å². The summed E-state index contributed by atoms with van der Waals surface area (Å²) in [7, 11) is 0. The van der Waals surface area contributed by atoms with Crippen LogP contribution in [-0.4, -0.2) is 25.3 Å². The predicted octanol–water partition coefficient (Wildman–Crippen LogP) is 1.53. The van der Waals surface area contributed by atoms with Crippen LogP contribution in [0.3, 0.4) is 0 Å². The van der Waals surface area contributed by atoms with Gasteiger partial charge in [0.05, 0.1) is 6.61 Å². The molecule has 1 heterocycles. The lowest BCUT2D eigenvalue weighted by molar-refractivity contribution is 0.154. The highest BCUT2D eigenvalue weighted by molar-refractivity contribution is 5.15. The Morgan fingerprint density at radius 2 is 2.18 bits per heavy atom. The molecule has 1 aliphatic rings. The highest BCUT2D eigenvalue weighted by atomic mass is 16.5. The van der Waals surface area contributed by atoms with E-state index >= 15 is 0 Å². The molecule has 0 amide bonds. The smallest absolute Gasteiger partial charge is 0.0513 e. The second kappa shape index (κ2) is 5.63. The van der Waals surface area contributed by atoms with Crippen molar-refractivity contribution in [3.8, 4) is 0 Å². The van der Waals surface area contributed by atoms with Crippen LogP contribution < -0.4 is 11.1 Å². The first kappa shape index (κ1) is 12.6. The summed E-state index contributed by atoms with van der Waals surface area (Å²) in [4.78, 5) is 0. The fourth-order valence-corrected chi connectivity index (χ4v) is 2.32. The van der Waals surface area contributed by atoms with Crippen LogP contribution in [0.4, 0.5) is 0 Å². The lowest BCUT2D eigenvalue weighted by Gasteiger charge is -2.35. The van der Waals surface area contributed by atoms with Crippen LogP contribution in [0.15, 0.2) is 30.3 Å². The van der Waals surface area contributed by atoms with Crippen LogP contribution in [0.25, 0.3) is 0 Å². The first-order valence-corrected chi connectivity index (χ1v) is 6.31. The summed E-state index contributed by atoms with van der Waals surface area (Å²) in [6.07, 6.45) is 1.11. The van der Waals surface area contributed by atoms with E-state index in [-0.39, 0.29) is 5.54 Å². The van der Waals surface area contributed by atoms with Crippen molar-refractivity contribution in [3.63, 3.8) is 0 Å². The quantitative estimate of drug-likeness (QED) is 0.812. The van der Waals surface area contributed by atoms with E-state index in [9.17, 15) is 0 Å². The van der Waals surface area contributed by atoms with E-state index < -0.39 is 0 Å². The Labute approximate surface area is 103 Å². The van der Waals surface area contributed by atoms with E-state index in [0.717, 1.165) is 26.2 Å². The topological polar surface area (TPSA) is 47.3 Å². The van der Waals surface area contributed by atoms with Gasteiger partial charge in [0, 0.05) is 31.2 Å². The van der Waals surface area contributed by atoms with Crippen molar-refractivity contribution in [1.29, 1.82) is 0 Å². The van der Waals surface area contributed by atoms with Gasteiger partial charge in [-0.2, -0.15) is 0 Å². The normalized spacial score (nSPS) is 23.5. The molecular weight excluding hydrogens is 212 g/mol. The van der Waals surface area contributed by atoms with Crippen molar-refractivity contribution >= 4 is 0 Å². The van der Waals surface area contributed by atoms with Gasteiger partial charge >= 0.3 is 0 Å². The number of rotatable bonds is 5. The van der Waals surface area contributed by atoms with Gasteiger partial charge in [0.25, 0.3) is 0 Å². The molecule has 0 spiro atoms. The number of benzene rings is 1. The number of ether oxygens (including phenoxy) is 1. The molecule has 1 aliphatic heterocycles. The zero-order valence-electron chi connectivity index (χ0n) is 10.5. The lowest BCUT2D eigenvalue weighted by atomic mass is 9.85. The van der Waals surface area contributed by atoms with Gasteiger partial charge in [0.15, 0.2) is 0 Å².